The zero-order valence-electron chi connectivity index (χ0n) is 16.4. The van der Waals surface area contributed by atoms with E-state index in [0.717, 1.165) is 25.9 Å². The number of carbonyl (C=O) groups excluding carboxylic acids is 1. The molecule has 1 aliphatic rings. The number of hydrogen-bond acceptors (Lipinski definition) is 4. The molecule has 1 unspecified atom stereocenters. The Morgan fingerprint density at radius 3 is 2.50 bits per heavy atom. The average Bonchev–Trinajstić information content (AvgIpc) is 3.09. The molecule has 4 heteroatoms. The van der Waals surface area contributed by atoms with Crippen LogP contribution in [0.5, 0.6) is 0 Å². The second kappa shape index (κ2) is 12.9. The van der Waals surface area contributed by atoms with Crippen molar-refractivity contribution in [2.24, 2.45) is 0 Å². The summed E-state index contributed by atoms with van der Waals surface area (Å²) in [6, 6.07) is 6.13. The fourth-order valence-electron chi connectivity index (χ4n) is 2.24. The van der Waals surface area contributed by atoms with E-state index >= 15 is 0 Å². The Hall–Kier alpha value is -1.42. The first kappa shape index (κ1) is 22.6. The van der Waals surface area contributed by atoms with Crippen LogP contribution in [0.15, 0.2) is 24.4 Å². The third-order valence-electron chi connectivity index (χ3n) is 3.32. The molecule has 1 aromatic heterocycles. The zero-order chi connectivity index (χ0) is 18.4. The highest BCUT2D eigenvalue weighted by atomic mass is 16.6. The van der Waals surface area contributed by atoms with Gasteiger partial charge in [0, 0.05) is 30.8 Å². The molecule has 2 rings (SSSR count). The molecule has 0 bridgehead atoms. The van der Waals surface area contributed by atoms with E-state index in [2.05, 4.69) is 29.4 Å². The molecule has 0 aromatic carbocycles. The van der Waals surface area contributed by atoms with E-state index < -0.39 is 0 Å². The highest BCUT2D eigenvalue weighted by Crippen LogP contribution is 2.19. The summed E-state index contributed by atoms with van der Waals surface area (Å²) in [5.74, 6) is 0.565. The van der Waals surface area contributed by atoms with E-state index in [9.17, 15) is 4.79 Å². The Balaban J connectivity index is 0.000000400. The summed E-state index contributed by atoms with van der Waals surface area (Å²) < 4.78 is 5.10. The van der Waals surface area contributed by atoms with E-state index in [1.54, 1.807) is 0 Å². The Bertz CT molecular complexity index is 421. The minimum absolute atomic E-state index is 0.0839. The molecule has 0 aliphatic carbocycles. The van der Waals surface area contributed by atoms with Crippen molar-refractivity contribution in [3.63, 3.8) is 0 Å². The van der Waals surface area contributed by atoms with Gasteiger partial charge in [-0.15, -0.1) is 0 Å². The van der Waals surface area contributed by atoms with Gasteiger partial charge in [-0.2, -0.15) is 0 Å². The van der Waals surface area contributed by atoms with Crippen LogP contribution in [0, 0.1) is 0 Å². The lowest BCUT2D eigenvalue weighted by Gasteiger charge is -2.19. The zero-order valence-corrected chi connectivity index (χ0v) is 16.4. The number of carbonyl (C=O) groups is 1. The normalized spacial score (nSPS) is 16.3. The first-order chi connectivity index (χ1) is 11.4. The average molecular weight is 337 g/mol. The number of nitrogens with one attached hydrogen (secondary N) is 1. The molecule has 2 heterocycles. The maximum atomic E-state index is 11.0. The Labute approximate surface area is 148 Å². The van der Waals surface area contributed by atoms with E-state index in [0.29, 0.717) is 12.3 Å². The molecule has 1 N–H and O–H groups in total. The van der Waals surface area contributed by atoms with Gasteiger partial charge >= 0.3 is 5.97 Å². The second-order valence-corrected chi connectivity index (χ2v) is 6.63. The van der Waals surface area contributed by atoms with Crippen LogP contribution in [0.3, 0.4) is 0 Å². The number of aromatic nitrogens is 1. The van der Waals surface area contributed by atoms with E-state index in [-0.39, 0.29) is 11.6 Å². The Kier molecular flexibility index (Phi) is 12.2. The smallest absolute Gasteiger partial charge is 0.306 e. The molecule has 1 fully saturated rings. The van der Waals surface area contributed by atoms with Gasteiger partial charge in [0.05, 0.1) is 0 Å². The third-order valence-corrected chi connectivity index (χ3v) is 3.32. The Morgan fingerprint density at radius 2 is 2.04 bits per heavy atom. The molecular weight excluding hydrogens is 300 g/mol. The van der Waals surface area contributed by atoms with Crippen LogP contribution in [-0.4, -0.2) is 29.6 Å². The van der Waals surface area contributed by atoms with Crippen molar-refractivity contribution < 1.29 is 9.53 Å². The summed E-state index contributed by atoms with van der Waals surface area (Å²) in [6.07, 6.45) is 5.62. The number of nitrogens with zero attached hydrogens (tertiary/aromatic N) is 1. The van der Waals surface area contributed by atoms with Gasteiger partial charge in [0.25, 0.3) is 0 Å². The molecular formula is C20H36N2O2. The number of ether oxygens (including phenoxy) is 1. The van der Waals surface area contributed by atoms with Gasteiger partial charge in [0.2, 0.25) is 0 Å². The Morgan fingerprint density at radius 1 is 1.33 bits per heavy atom. The molecule has 24 heavy (non-hydrogen) atoms. The first-order valence-corrected chi connectivity index (χ1v) is 9.26. The highest BCUT2D eigenvalue weighted by molar-refractivity contribution is 5.69. The molecule has 4 nitrogen and oxygen atoms in total. The van der Waals surface area contributed by atoms with Crippen molar-refractivity contribution in [2.45, 2.75) is 78.7 Å². The van der Waals surface area contributed by atoms with Crippen molar-refractivity contribution in [1.29, 1.82) is 0 Å². The fraction of sp³-hybridized carbons (Fsp3) is 0.700. The minimum atomic E-state index is -0.329. The lowest BCUT2D eigenvalue weighted by atomic mass is 10.0. The van der Waals surface area contributed by atoms with Gasteiger partial charge in [-0.1, -0.05) is 33.3 Å². The third kappa shape index (κ3) is 11.2. The van der Waals surface area contributed by atoms with Crippen molar-refractivity contribution in [1.82, 2.24) is 10.3 Å². The number of esters is 1. The number of rotatable bonds is 4. The van der Waals surface area contributed by atoms with Gasteiger partial charge in [-0.25, -0.2) is 0 Å². The molecule has 1 atom stereocenters. The van der Waals surface area contributed by atoms with E-state index in [4.69, 9.17) is 4.74 Å². The van der Waals surface area contributed by atoms with Crippen LogP contribution < -0.4 is 5.32 Å². The van der Waals surface area contributed by atoms with Crippen LogP contribution in [0.25, 0.3) is 0 Å². The summed E-state index contributed by atoms with van der Waals surface area (Å²) in [6.45, 7) is 14.0. The summed E-state index contributed by atoms with van der Waals surface area (Å²) in [5, 5.41) is 3.33. The van der Waals surface area contributed by atoms with E-state index in [1.807, 2.05) is 46.9 Å². The maximum Gasteiger partial charge on any atom is 0.306 e. The SMILES string of the molecule is CC.CCCCC(=O)OC(C)(C)C.c1ccc(C2CCNC2)nc1. The van der Waals surface area contributed by atoms with E-state index in [1.165, 1.54) is 12.1 Å². The summed E-state index contributed by atoms with van der Waals surface area (Å²) in [5.41, 5.74) is 0.905. The van der Waals surface area contributed by atoms with Gasteiger partial charge in [0.1, 0.15) is 5.60 Å². The predicted octanol–water partition coefficient (Wildman–Crippen LogP) is 4.70. The second-order valence-electron chi connectivity index (χ2n) is 6.63. The van der Waals surface area contributed by atoms with Gasteiger partial charge in [0.15, 0.2) is 0 Å². The number of unbranched alkanes of at least 4 members (excludes halogenated alkanes) is 1. The quantitative estimate of drug-likeness (QED) is 0.810. The molecule has 1 aliphatic heterocycles. The topological polar surface area (TPSA) is 51.2 Å². The molecule has 0 radical (unpaired) electrons. The van der Waals surface area contributed by atoms with Crippen LogP contribution in [-0.2, 0) is 9.53 Å². The summed E-state index contributed by atoms with van der Waals surface area (Å²) in [4.78, 5) is 15.3. The monoisotopic (exact) mass is 336 g/mol. The minimum Gasteiger partial charge on any atom is -0.460 e. The van der Waals surface area contributed by atoms with Gasteiger partial charge < -0.3 is 10.1 Å². The molecule has 0 spiro atoms. The van der Waals surface area contributed by atoms with Crippen LogP contribution in [0.1, 0.15) is 78.8 Å². The first-order valence-electron chi connectivity index (χ1n) is 9.26. The molecule has 138 valence electrons. The maximum absolute atomic E-state index is 11.0. The number of pyridine rings is 1. The molecule has 1 saturated heterocycles. The molecule has 0 saturated carbocycles. The van der Waals surface area contributed by atoms with Crippen molar-refractivity contribution in [2.75, 3.05) is 13.1 Å². The molecule has 0 amide bonds. The highest BCUT2D eigenvalue weighted by Gasteiger charge is 2.16. The fourth-order valence-corrected chi connectivity index (χ4v) is 2.24. The van der Waals surface area contributed by atoms with Gasteiger partial charge in [-0.05, 0) is 52.3 Å². The van der Waals surface area contributed by atoms with Crippen molar-refractivity contribution >= 4 is 5.97 Å². The standard InChI is InChI=1S/C9H12N2.C9H18O2.C2H6/c1-2-5-11-9(3-1)8-4-6-10-7-8;1-5-6-7-8(10)11-9(2,3)4;1-2/h1-3,5,8,10H,4,6-7H2;5-7H2,1-4H3;1-2H3. The van der Waals surface area contributed by atoms with Crippen LogP contribution >= 0.6 is 0 Å². The summed E-state index contributed by atoms with van der Waals surface area (Å²) >= 11 is 0. The van der Waals surface area contributed by atoms with Crippen LogP contribution in [0.4, 0.5) is 0 Å². The number of hydrogen-bond donors (Lipinski definition) is 1. The lowest BCUT2D eigenvalue weighted by Crippen LogP contribution is -2.23. The van der Waals surface area contributed by atoms with Crippen LogP contribution in [0.2, 0.25) is 0 Å². The predicted molar refractivity (Wildman–Crippen MR) is 101 cm³/mol. The van der Waals surface area contributed by atoms with Crippen molar-refractivity contribution in [3.8, 4) is 0 Å². The largest absolute Gasteiger partial charge is 0.460 e. The van der Waals surface area contributed by atoms with Gasteiger partial charge in [-0.3, -0.25) is 9.78 Å². The molecule has 1 aromatic rings. The van der Waals surface area contributed by atoms with Crippen molar-refractivity contribution in [3.05, 3.63) is 30.1 Å². The summed E-state index contributed by atoms with van der Waals surface area (Å²) in [7, 11) is 0. The lowest BCUT2D eigenvalue weighted by molar-refractivity contribution is -0.154.